The Morgan fingerprint density at radius 2 is 1.97 bits per heavy atom. The Balaban J connectivity index is 1.48. The van der Waals surface area contributed by atoms with Gasteiger partial charge in [0.2, 0.25) is 11.7 Å². The molecule has 4 aromatic rings. The van der Waals surface area contributed by atoms with E-state index in [2.05, 4.69) is 26.0 Å². The number of carbonyl (C=O) groups is 2. The number of amides is 2. The molecule has 33 heavy (non-hydrogen) atoms. The molecule has 2 aromatic carbocycles. The number of hydrogen-bond donors (Lipinski definition) is 2. The van der Waals surface area contributed by atoms with Gasteiger partial charge in [0.25, 0.3) is 5.91 Å². The summed E-state index contributed by atoms with van der Waals surface area (Å²) in [4.78, 5) is 26.8. The van der Waals surface area contributed by atoms with Crippen LogP contribution >= 0.6 is 22.9 Å². The van der Waals surface area contributed by atoms with E-state index in [4.69, 9.17) is 16.3 Å². The molecule has 2 amide bonds. The van der Waals surface area contributed by atoms with Crippen LogP contribution < -0.4 is 15.4 Å². The summed E-state index contributed by atoms with van der Waals surface area (Å²) in [5.74, 6) is 0.0594. The molecule has 0 atom stereocenters. The second kappa shape index (κ2) is 9.80. The van der Waals surface area contributed by atoms with Crippen LogP contribution in [0.1, 0.15) is 15.9 Å². The third-order valence-corrected chi connectivity index (χ3v) is 5.78. The third-order valence-electron chi connectivity index (χ3n) is 4.69. The molecule has 2 heterocycles. The smallest absolute Gasteiger partial charge is 0.257 e. The average molecular weight is 483 g/mol. The Hall–Kier alpha value is -3.76. The molecule has 9 nitrogen and oxygen atoms in total. The predicted octanol–water partition coefficient (Wildman–Crippen LogP) is 4.26. The third kappa shape index (κ3) is 5.18. The van der Waals surface area contributed by atoms with Crippen molar-refractivity contribution in [2.45, 2.75) is 13.5 Å². The first kappa shape index (κ1) is 22.4. The van der Waals surface area contributed by atoms with E-state index in [1.165, 1.54) is 23.2 Å². The van der Waals surface area contributed by atoms with Gasteiger partial charge in [0.15, 0.2) is 0 Å². The molecule has 4 rings (SSSR count). The van der Waals surface area contributed by atoms with Crippen LogP contribution in [0.5, 0.6) is 5.75 Å². The summed E-state index contributed by atoms with van der Waals surface area (Å²) in [6, 6.07) is 11.9. The van der Waals surface area contributed by atoms with E-state index in [0.29, 0.717) is 28.0 Å². The van der Waals surface area contributed by atoms with Crippen molar-refractivity contribution in [3.8, 4) is 17.1 Å². The lowest BCUT2D eigenvalue weighted by atomic mass is 10.1. The first-order valence-corrected chi connectivity index (χ1v) is 11.1. The summed E-state index contributed by atoms with van der Waals surface area (Å²) in [6.45, 7) is 1.67. The number of methoxy groups -OCH3 is 1. The molecule has 11 heteroatoms. The number of aryl methyl sites for hydroxylation is 1. The van der Waals surface area contributed by atoms with Crippen LogP contribution in [-0.2, 0) is 11.3 Å². The molecule has 0 bridgehead atoms. The van der Waals surface area contributed by atoms with Gasteiger partial charge in [-0.05, 0) is 47.3 Å². The Labute approximate surface area is 198 Å². The molecule has 0 saturated carbocycles. The molecule has 0 aliphatic carbocycles. The number of hydrogen-bond acceptors (Lipinski definition) is 7. The van der Waals surface area contributed by atoms with Gasteiger partial charge in [-0.3, -0.25) is 9.59 Å². The zero-order valence-electron chi connectivity index (χ0n) is 17.7. The monoisotopic (exact) mass is 482 g/mol. The van der Waals surface area contributed by atoms with Gasteiger partial charge in [-0.1, -0.05) is 23.7 Å². The topological polar surface area (TPSA) is 111 Å². The fourth-order valence-electron chi connectivity index (χ4n) is 3.05. The summed E-state index contributed by atoms with van der Waals surface area (Å²) in [5.41, 5.74) is 2.73. The SMILES string of the molecule is COc1cc(Cl)c(C)cc1NC(=O)c1ccccc1NC(=O)Cn1nnc(-c2ccsc2)n1. The number of benzene rings is 2. The van der Waals surface area contributed by atoms with E-state index in [9.17, 15) is 9.59 Å². The summed E-state index contributed by atoms with van der Waals surface area (Å²) < 4.78 is 5.32. The number of nitrogens with zero attached hydrogens (tertiary/aromatic N) is 4. The van der Waals surface area contributed by atoms with Crippen LogP contribution in [0.4, 0.5) is 11.4 Å². The maximum absolute atomic E-state index is 13.0. The van der Waals surface area contributed by atoms with Crippen molar-refractivity contribution < 1.29 is 14.3 Å². The minimum Gasteiger partial charge on any atom is -0.495 e. The number of halogens is 1. The molecule has 0 fully saturated rings. The zero-order chi connectivity index (χ0) is 23.4. The number of ether oxygens (including phenoxy) is 1. The maximum atomic E-state index is 13.0. The van der Waals surface area contributed by atoms with Crippen molar-refractivity contribution >= 4 is 46.1 Å². The highest BCUT2D eigenvalue weighted by atomic mass is 35.5. The number of aromatic nitrogens is 4. The number of nitrogens with one attached hydrogen (secondary N) is 2. The largest absolute Gasteiger partial charge is 0.495 e. The van der Waals surface area contributed by atoms with Crippen molar-refractivity contribution in [3.63, 3.8) is 0 Å². The fourth-order valence-corrected chi connectivity index (χ4v) is 3.83. The van der Waals surface area contributed by atoms with E-state index in [0.717, 1.165) is 11.1 Å². The van der Waals surface area contributed by atoms with Gasteiger partial charge >= 0.3 is 0 Å². The van der Waals surface area contributed by atoms with Crippen molar-refractivity contribution in [2.24, 2.45) is 0 Å². The summed E-state index contributed by atoms with van der Waals surface area (Å²) in [6.07, 6.45) is 0. The number of carbonyl (C=O) groups excluding carboxylic acids is 2. The van der Waals surface area contributed by atoms with Gasteiger partial charge in [-0.15, -0.1) is 10.2 Å². The number of anilines is 2. The van der Waals surface area contributed by atoms with Gasteiger partial charge < -0.3 is 15.4 Å². The molecule has 2 aromatic heterocycles. The highest BCUT2D eigenvalue weighted by Crippen LogP contribution is 2.31. The van der Waals surface area contributed by atoms with Crippen molar-refractivity contribution in [2.75, 3.05) is 17.7 Å². The second-order valence-electron chi connectivity index (χ2n) is 7.01. The molecule has 168 valence electrons. The highest BCUT2D eigenvalue weighted by Gasteiger charge is 2.17. The lowest BCUT2D eigenvalue weighted by Gasteiger charge is -2.14. The average Bonchev–Trinajstić information content (AvgIpc) is 3.48. The van der Waals surface area contributed by atoms with Crippen molar-refractivity contribution in [1.82, 2.24) is 20.2 Å². The number of para-hydroxylation sites is 1. The summed E-state index contributed by atoms with van der Waals surface area (Å²) in [5, 5.41) is 22.0. The van der Waals surface area contributed by atoms with Crippen molar-refractivity contribution in [3.05, 3.63) is 69.4 Å². The Bertz CT molecular complexity index is 1310. The molecule has 0 radical (unpaired) electrons. The highest BCUT2D eigenvalue weighted by molar-refractivity contribution is 7.08. The van der Waals surface area contributed by atoms with Crippen LogP contribution in [0.25, 0.3) is 11.4 Å². The van der Waals surface area contributed by atoms with Gasteiger partial charge in [0.05, 0.1) is 24.0 Å². The number of tetrazole rings is 1. The van der Waals surface area contributed by atoms with Crippen LogP contribution in [0.15, 0.2) is 53.2 Å². The first-order valence-electron chi connectivity index (χ1n) is 9.79. The van der Waals surface area contributed by atoms with E-state index in [1.807, 2.05) is 23.8 Å². The minimum atomic E-state index is -0.412. The Morgan fingerprint density at radius 3 is 2.73 bits per heavy atom. The quantitative estimate of drug-likeness (QED) is 0.407. The predicted molar refractivity (Wildman–Crippen MR) is 127 cm³/mol. The van der Waals surface area contributed by atoms with Gasteiger partial charge in [-0.2, -0.15) is 16.1 Å². The van der Waals surface area contributed by atoms with Crippen LogP contribution in [0.3, 0.4) is 0 Å². The molecule has 0 spiro atoms. The molecule has 0 aliphatic rings. The van der Waals surface area contributed by atoms with Crippen LogP contribution in [-0.4, -0.2) is 39.1 Å². The van der Waals surface area contributed by atoms with E-state index < -0.39 is 11.8 Å². The normalized spacial score (nSPS) is 10.6. The van der Waals surface area contributed by atoms with Gasteiger partial charge in [0.1, 0.15) is 12.3 Å². The van der Waals surface area contributed by atoms with Gasteiger partial charge in [-0.25, -0.2) is 0 Å². The fraction of sp³-hybridized carbons (Fsp3) is 0.136. The maximum Gasteiger partial charge on any atom is 0.257 e. The Kier molecular flexibility index (Phi) is 6.66. The summed E-state index contributed by atoms with van der Waals surface area (Å²) >= 11 is 7.66. The minimum absolute atomic E-state index is 0.155. The van der Waals surface area contributed by atoms with E-state index in [1.54, 1.807) is 36.4 Å². The first-order chi connectivity index (χ1) is 15.9. The van der Waals surface area contributed by atoms with E-state index >= 15 is 0 Å². The molecular weight excluding hydrogens is 464 g/mol. The lowest BCUT2D eigenvalue weighted by molar-refractivity contribution is -0.117. The Morgan fingerprint density at radius 1 is 1.15 bits per heavy atom. The molecule has 0 aliphatic heterocycles. The molecule has 2 N–H and O–H groups in total. The number of thiophene rings is 1. The molecular formula is C22H19ClN6O3S. The van der Waals surface area contributed by atoms with E-state index in [-0.39, 0.29) is 12.1 Å². The van der Waals surface area contributed by atoms with Crippen LogP contribution in [0.2, 0.25) is 5.02 Å². The molecule has 0 saturated heterocycles. The lowest BCUT2D eigenvalue weighted by Crippen LogP contribution is -2.23. The second-order valence-corrected chi connectivity index (χ2v) is 8.19. The van der Waals surface area contributed by atoms with Crippen LogP contribution in [0, 0.1) is 6.92 Å². The molecule has 0 unspecified atom stereocenters. The summed E-state index contributed by atoms with van der Waals surface area (Å²) in [7, 11) is 1.49. The number of rotatable bonds is 7. The van der Waals surface area contributed by atoms with Crippen molar-refractivity contribution in [1.29, 1.82) is 0 Å². The zero-order valence-corrected chi connectivity index (χ0v) is 19.3. The van der Waals surface area contributed by atoms with Gasteiger partial charge in [0, 0.05) is 22.0 Å². The standard InChI is InChI=1S/C22H19ClN6O3S/c1-13-9-18(19(32-2)10-16(13)23)25-22(31)15-5-3-4-6-17(15)24-20(30)11-29-27-21(26-28-29)14-7-8-33-12-14/h3-10,12H,11H2,1-2H3,(H,24,30)(H,25,31).